The summed E-state index contributed by atoms with van der Waals surface area (Å²) in [6, 6.07) is 1.69. The van der Waals surface area contributed by atoms with Crippen LogP contribution in [0.3, 0.4) is 0 Å². The normalized spacial score (nSPS) is 12.2. The molecule has 15 heavy (non-hydrogen) atoms. The van der Waals surface area contributed by atoms with E-state index in [-0.39, 0.29) is 11.2 Å². The van der Waals surface area contributed by atoms with Crippen LogP contribution in [0.5, 0.6) is 0 Å². The molecule has 3 N–H and O–H groups in total. The van der Waals surface area contributed by atoms with E-state index in [0.29, 0.717) is 11.0 Å². The SMILES string of the molecule is CNC(=O)C(C)Sc1nc(C)cc(N)n1. The smallest absolute Gasteiger partial charge is 0.233 e. The highest BCUT2D eigenvalue weighted by atomic mass is 32.2. The van der Waals surface area contributed by atoms with Crippen LogP contribution in [0, 0.1) is 6.92 Å². The number of aromatic nitrogens is 2. The van der Waals surface area contributed by atoms with Gasteiger partial charge in [0.15, 0.2) is 5.16 Å². The first kappa shape index (κ1) is 11.8. The topological polar surface area (TPSA) is 80.9 Å². The monoisotopic (exact) mass is 226 g/mol. The molecular weight excluding hydrogens is 212 g/mol. The zero-order valence-corrected chi connectivity index (χ0v) is 9.76. The second-order valence-electron chi connectivity index (χ2n) is 3.09. The molecule has 0 aliphatic carbocycles. The number of thioether (sulfide) groups is 1. The Balaban J connectivity index is 2.76. The van der Waals surface area contributed by atoms with Gasteiger partial charge in [-0.3, -0.25) is 4.79 Å². The minimum atomic E-state index is -0.226. The summed E-state index contributed by atoms with van der Waals surface area (Å²) in [7, 11) is 1.60. The summed E-state index contributed by atoms with van der Waals surface area (Å²) >= 11 is 1.29. The molecular formula is C9H14N4OS. The molecule has 1 atom stereocenters. The number of anilines is 1. The average Bonchev–Trinajstić information content (AvgIpc) is 2.14. The lowest BCUT2D eigenvalue weighted by atomic mass is 10.4. The van der Waals surface area contributed by atoms with Crippen LogP contribution in [0.2, 0.25) is 0 Å². The molecule has 0 spiro atoms. The van der Waals surface area contributed by atoms with Crippen LogP contribution in [0.1, 0.15) is 12.6 Å². The van der Waals surface area contributed by atoms with E-state index in [1.54, 1.807) is 20.0 Å². The second kappa shape index (κ2) is 4.97. The fourth-order valence-corrected chi connectivity index (χ4v) is 1.93. The summed E-state index contributed by atoms with van der Waals surface area (Å²) in [4.78, 5) is 19.5. The predicted octanol–water partition coefficient (Wildman–Crippen LogP) is 0.594. The molecule has 1 aromatic rings. The maximum absolute atomic E-state index is 11.3. The molecule has 5 nitrogen and oxygen atoms in total. The number of nitrogen functional groups attached to an aromatic ring is 1. The first-order valence-corrected chi connectivity index (χ1v) is 5.40. The van der Waals surface area contributed by atoms with Gasteiger partial charge in [0.05, 0.1) is 5.25 Å². The lowest BCUT2D eigenvalue weighted by Crippen LogP contribution is -2.27. The molecule has 82 valence electrons. The number of hydrogen-bond acceptors (Lipinski definition) is 5. The van der Waals surface area contributed by atoms with Crippen molar-refractivity contribution in [3.63, 3.8) is 0 Å². The van der Waals surface area contributed by atoms with Crippen molar-refractivity contribution in [2.75, 3.05) is 12.8 Å². The number of aryl methyl sites for hydroxylation is 1. The molecule has 0 fully saturated rings. The van der Waals surface area contributed by atoms with E-state index in [1.807, 2.05) is 6.92 Å². The lowest BCUT2D eigenvalue weighted by molar-refractivity contribution is -0.119. The minimum absolute atomic E-state index is 0.0522. The highest BCUT2D eigenvalue weighted by Crippen LogP contribution is 2.20. The molecule has 1 amide bonds. The number of nitrogens with one attached hydrogen (secondary N) is 1. The van der Waals surface area contributed by atoms with Gasteiger partial charge in [-0.2, -0.15) is 0 Å². The third kappa shape index (κ3) is 3.39. The molecule has 0 aromatic carbocycles. The van der Waals surface area contributed by atoms with Gasteiger partial charge in [-0.25, -0.2) is 9.97 Å². The minimum Gasteiger partial charge on any atom is -0.384 e. The van der Waals surface area contributed by atoms with Crippen molar-refractivity contribution in [2.45, 2.75) is 24.3 Å². The molecule has 1 rings (SSSR count). The Hall–Kier alpha value is -1.30. The van der Waals surface area contributed by atoms with E-state index in [4.69, 9.17) is 5.73 Å². The van der Waals surface area contributed by atoms with Gasteiger partial charge in [0.1, 0.15) is 5.82 Å². The van der Waals surface area contributed by atoms with Gasteiger partial charge in [0.2, 0.25) is 5.91 Å². The molecule has 0 saturated carbocycles. The van der Waals surface area contributed by atoms with Gasteiger partial charge in [0, 0.05) is 18.8 Å². The number of nitrogens with zero attached hydrogens (tertiary/aromatic N) is 2. The van der Waals surface area contributed by atoms with E-state index < -0.39 is 0 Å². The van der Waals surface area contributed by atoms with Gasteiger partial charge in [0.25, 0.3) is 0 Å². The summed E-state index contributed by atoms with van der Waals surface area (Å²) in [5.74, 6) is 0.373. The number of rotatable bonds is 3. The summed E-state index contributed by atoms with van der Waals surface area (Å²) in [5, 5.41) is 2.87. The Labute approximate surface area is 92.9 Å². The van der Waals surface area contributed by atoms with E-state index in [9.17, 15) is 4.79 Å². The molecule has 1 aromatic heterocycles. The Kier molecular flexibility index (Phi) is 3.90. The van der Waals surface area contributed by atoms with Crippen LogP contribution in [0.15, 0.2) is 11.2 Å². The standard InChI is InChI=1S/C9H14N4OS/c1-5-4-7(10)13-9(12-5)15-6(2)8(14)11-3/h4,6H,1-3H3,(H,11,14)(H2,10,12,13). The molecule has 0 radical (unpaired) electrons. The van der Waals surface area contributed by atoms with Crippen molar-refractivity contribution in [3.05, 3.63) is 11.8 Å². The summed E-state index contributed by atoms with van der Waals surface area (Å²) in [6.45, 7) is 3.64. The Morgan fingerprint density at radius 2 is 2.27 bits per heavy atom. The van der Waals surface area contributed by atoms with Crippen LogP contribution in [0.25, 0.3) is 0 Å². The Morgan fingerprint density at radius 3 is 2.80 bits per heavy atom. The van der Waals surface area contributed by atoms with Crippen LogP contribution >= 0.6 is 11.8 Å². The number of carbonyl (C=O) groups is 1. The van der Waals surface area contributed by atoms with E-state index >= 15 is 0 Å². The van der Waals surface area contributed by atoms with Crippen molar-refractivity contribution in [1.82, 2.24) is 15.3 Å². The zero-order valence-electron chi connectivity index (χ0n) is 8.94. The Morgan fingerprint density at radius 1 is 1.60 bits per heavy atom. The van der Waals surface area contributed by atoms with Gasteiger partial charge >= 0.3 is 0 Å². The van der Waals surface area contributed by atoms with Gasteiger partial charge in [-0.15, -0.1) is 0 Å². The second-order valence-corrected chi connectivity index (χ2v) is 4.40. The maximum atomic E-state index is 11.3. The van der Waals surface area contributed by atoms with Crippen molar-refractivity contribution in [2.24, 2.45) is 0 Å². The first-order chi connectivity index (χ1) is 7.02. The summed E-state index contributed by atoms with van der Waals surface area (Å²) < 4.78 is 0. The maximum Gasteiger partial charge on any atom is 0.233 e. The summed E-state index contributed by atoms with van der Waals surface area (Å²) in [6.07, 6.45) is 0. The average molecular weight is 226 g/mol. The lowest BCUT2D eigenvalue weighted by Gasteiger charge is -2.08. The van der Waals surface area contributed by atoms with Crippen molar-refractivity contribution < 1.29 is 4.79 Å². The largest absolute Gasteiger partial charge is 0.384 e. The highest BCUT2D eigenvalue weighted by Gasteiger charge is 2.14. The number of carbonyl (C=O) groups excluding carboxylic acids is 1. The van der Waals surface area contributed by atoms with Gasteiger partial charge in [-0.1, -0.05) is 11.8 Å². The van der Waals surface area contributed by atoms with E-state index in [1.165, 1.54) is 11.8 Å². The molecule has 0 bridgehead atoms. The van der Waals surface area contributed by atoms with Crippen LogP contribution in [0.4, 0.5) is 5.82 Å². The van der Waals surface area contributed by atoms with Crippen molar-refractivity contribution >= 4 is 23.5 Å². The van der Waals surface area contributed by atoms with Crippen molar-refractivity contribution in [3.8, 4) is 0 Å². The fourth-order valence-electron chi connectivity index (χ4n) is 1.03. The zero-order chi connectivity index (χ0) is 11.4. The van der Waals surface area contributed by atoms with Crippen LogP contribution in [-0.4, -0.2) is 28.2 Å². The predicted molar refractivity (Wildman–Crippen MR) is 60.6 cm³/mol. The number of nitrogens with two attached hydrogens (primary N) is 1. The molecule has 0 aliphatic rings. The van der Waals surface area contributed by atoms with Crippen LogP contribution in [-0.2, 0) is 4.79 Å². The number of hydrogen-bond donors (Lipinski definition) is 2. The first-order valence-electron chi connectivity index (χ1n) is 4.52. The highest BCUT2D eigenvalue weighted by molar-refractivity contribution is 8.00. The fraction of sp³-hybridized carbons (Fsp3) is 0.444. The van der Waals surface area contributed by atoms with E-state index in [0.717, 1.165) is 5.69 Å². The van der Waals surface area contributed by atoms with Crippen LogP contribution < -0.4 is 11.1 Å². The molecule has 0 saturated heterocycles. The van der Waals surface area contributed by atoms with Gasteiger partial charge in [-0.05, 0) is 13.8 Å². The van der Waals surface area contributed by atoms with Gasteiger partial charge < -0.3 is 11.1 Å². The molecule has 1 heterocycles. The van der Waals surface area contributed by atoms with E-state index in [2.05, 4.69) is 15.3 Å². The number of amides is 1. The summed E-state index contributed by atoms with van der Waals surface area (Å²) in [5.41, 5.74) is 6.38. The van der Waals surface area contributed by atoms with Crippen molar-refractivity contribution in [1.29, 1.82) is 0 Å². The Bertz CT molecular complexity index is 349. The third-order valence-corrected chi connectivity index (χ3v) is 2.71. The third-order valence-electron chi connectivity index (χ3n) is 1.75. The quantitative estimate of drug-likeness (QED) is 0.582. The molecule has 6 heteroatoms. The molecule has 0 aliphatic heterocycles. The molecule has 1 unspecified atom stereocenters.